The molecule has 7 heteroatoms. The molecule has 0 bridgehead atoms. The highest BCUT2D eigenvalue weighted by molar-refractivity contribution is 9.10. The first-order valence-corrected chi connectivity index (χ1v) is 6.69. The molecule has 2 aromatic rings. The molecule has 5 nitrogen and oxygen atoms in total. The van der Waals surface area contributed by atoms with Gasteiger partial charge in [-0.05, 0) is 47.1 Å². The largest absolute Gasteiger partial charge is 0.322 e. The van der Waals surface area contributed by atoms with Gasteiger partial charge in [-0.1, -0.05) is 11.6 Å². The third kappa shape index (κ3) is 3.43. The number of nitrogens with one attached hydrogen (secondary N) is 1. The summed E-state index contributed by atoms with van der Waals surface area (Å²) in [5.74, 6) is -1.39. The molecule has 0 aliphatic rings. The molecule has 1 N–H and O–H groups in total. The second-order valence-electron chi connectivity index (χ2n) is 4.36. The predicted molar refractivity (Wildman–Crippen MR) is 79.9 cm³/mol. The monoisotopic (exact) mass is 352 g/mol. The van der Waals surface area contributed by atoms with Crippen molar-refractivity contribution in [1.82, 2.24) is 0 Å². The Morgan fingerprint density at radius 2 is 2.00 bits per heavy atom. The molecule has 0 saturated carbocycles. The number of halogens is 2. The van der Waals surface area contributed by atoms with Gasteiger partial charge in [0.05, 0.1) is 10.5 Å². The number of rotatable bonds is 3. The second kappa shape index (κ2) is 6.01. The van der Waals surface area contributed by atoms with Gasteiger partial charge in [-0.2, -0.15) is 4.39 Å². The lowest BCUT2D eigenvalue weighted by molar-refractivity contribution is -0.387. The molecule has 0 unspecified atom stereocenters. The lowest BCUT2D eigenvalue weighted by atomic mass is 10.1. The zero-order chi connectivity index (χ0) is 15.6. The lowest BCUT2D eigenvalue weighted by Gasteiger charge is -2.08. The molecule has 0 aliphatic carbocycles. The summed E-state index contributed by atoms with van der Waals surface area (Å²) in [5.41, 5.74) is 0.757. The first-order chi connectivity index (χ1) is 9.88. The van der Waals surface area contributed by atoms with Crippen LogP contribution in [0.25, 0.3) is 0 Å². The molecular formula is C14H10BrFN2O3. The maximum absolute atomic E-state index is 13.2. The summed E-state index contributed by atoms with van der Waals surface area (Å²) in [6, 6.07) is 8.44. The topological polar surface area (TPSA) is 72.2 Å². The number of anilines is 1. The van der Waals surface area contributed by atoms with E-state index in [0.717, 1.165) is 17.7 Å². The normalized spacial score (nSPS) is 10.2. The van der Waals surface area contributed by atoms with Crippen LogP contribution in [0.1, 0.15) is 15.9 Å². The number of nitro groups is 1. The van der Waals surface area contributed by atoms with Crippen molar-refractivity contribution in [3.05, 3.63) is 67.9 Å². The standard InChI is InChI=1S/C14H10BrFN2O3/c1-8-2-4-11(15)10(6-8)14(19)17-9-3-5-12(16)13(7-9)18(20)21/h2-7H,1H3,(H,17,19). The molecule has 0 spiro atoms. The Bertz CT molecular complexity index is 734. The predicted octanol–water partition coefficient (Wildman–Crippen LogP) is 4.06. The number of aryl methyl sites for hydroxylation is 1. The van der Waals surface area contributed by atoms with Crippen LogP contribution in [0.2, 0.25) is 0 Å². The Balaban J connectivity index is 2.29. The number of carbonyl (C=O) groups is 1. The molecule has 0 radical (unpaired) electrons. The fourth-order valence-electron chi connectivity index (χ4n) is 1.74. The van der Waals surface area contributed by atoms with Gasteiger partial charge in [-0.15, -0.1) is 0 Å². The van der Waals surface area contributed by atoms with Crippen molar-refractivity contribution in [1.29, 1.82) is 0 Å². The molecule has 2 rings (SSSR count). The summed E-state index contributed by atoms with van der Waals surface area (Å²) in [6.45, 7) is 1.84. The smallest absolute Gasteiger partial charge is 0.306 e. The van der Waals surface area contributed by atoms with Crippen molar-refractivity contribution in [3.8, 4) is 0 Å². The SMILES string of the molecule is Cc1ccc(Br)c(C(=O)Nc2ccc(F)c([N+](=O)[O-])c2)c1. The summed E-state index contributed by atoms with van der Waals surface area (Å²) in [7, 11) is 0. The summed E-state index contributed by atoms with van der Waals surface area (Å²) in [4.78, 5) is 22.0. The van der Waals surface area contributed by atoms with Crippen molar-refractivity contribution < 1.29 is 14.1 Å². The minimum absolute atomic E-state index is 0.154. The molecule has 108 valence electrons. The molecule has 0 saturated heterocycles. The van der Waals surface area contributed by atoms with E-state index in [9.17, 15) is 19.3 Å². The molecule has 0 atom stereocenters. The Morgan fingerprint density at radius 3 is 2.67 bits per heavy atom. The fraction of sp³-hybridized carbons (Fsp3) is 0.0714. The van der Waals surface area contributed by atoms with Crippen molar-refractivity contribution in [2.45, 2.75) is 6.92 Å². The van der Waals surface area contributed by atoms with Gasteiger partial charge in [0.1, 0.15) is 0 Å². The highest BCUT2D eigenvalue weighted by atomic mass is 79.9. The number of nitrogens with zero attached hydrogens (tertiary/aromatic N) is 1. The van der Waals surface area contributed by atoms with Crippen molar-refractivity contribution >= 4 is 33.2 Å². The van der Waals surface area contributed by atoms with E-state index in [1.165, 1.54) is 6.07 Å². The van der Waals surface area contributed by atoms with Crippen LogP contribution in [0.15, 0.2) is 40.9 Å². The second-order valence-corrected chi connectivity index (χ2v) is 5.22. The highest BCUT2D eigenvalue weighted by Crippen LogP contribution is 2.24. The van der Waals surface area contributed by atoms with Crippen molar-refractivity contribution in [3.63, 3.8) is 0 Å². The molecule has 2 aromatic carbocycles. The Labute approximate surface area is 128 Å². The maximum Gasteiger partial charge on any atom is 0.306 e. The van der Waals surface area contributed by atoms with Gasteiger partial charge in [0.15, 0.2) is 0 Å². The van der Waals surface area contributed by atoms with E-state index in [2.05, 4.69) is 21.2 Å². The molecule has 21 heavy (non-hydrogen) atoms. The average Bonchev–Trinajstić information content (AvgIpc) is 2.43. The molecule has 1 amide bonds. The number of carbonyl (C=O) groups excluding carboxylic acids is 1. The first-order valence-electron chi connectivity index (χ1n) is 5.90. The quantitative estimate of drug-likeness (QED) is 0.668. The molecule has 0 heterocycles. The van der Waals surface area contributed by atoms with Gasteiger partial charge >= 0.3 is 5.69 Å². The van der Waals surface area contributed by atoms with E-state index >= 15 is 0 Å². The maximum atomic E-state index is 13.2. The summed E-state index contributed by atoms with van der Waals surface area (Å²) >= 11 is 3.26. The summed E-state index contributed by atoms with van der Waals surface area (Å²) < 4.78 is 13.8. The third-order valence-corrected chi connectivity index (χ3v) is 3.46. The Kier molecular flexibility index (Phi) is 4.32. The van der Waals surface area contributed by atoms with Gasteiger partial charge in [-0.3, -0.25) is 14.9 Å². The van der Waals surface area contributed by atoms with Gasteiger partial charge < -0.3 is 5.32 Å². The number of benzene rings is 2. The summed E-state index contributed by atoms with van der Waals surface area (Å²) in [5, 5.41) is 13.2. The molecular weight excluding hydrogens is 343 g/mol. The van der Waals surface area contributed by atoms with Crippen LogP contribution in [0.3, 0.4) is 0 Å². The van der Waals surface area contributed by atoms with E-state index < -0.39 is 22.3 Å². The minimum Gasteiger partial charge on any atom is -0.322 e. The molecule has 0 aromatic heterocycles. The third-order valence-electron chi connectivity index (χ3n) is 2.77. The van der Waals surface area contributed by atoms with E-state index in [1.807, 2.05) is 13.0 Å². The van der Waals surface area contributed by atoms with E-state index in [0.29, 0.717) is 10.0 Å². The van der Waals surface area contributed by atoms with Crippen LogP contribution in [-0.4, -0.2) is 10.8 Å². The van der Waals surface area contributed by atoms with Crippen LogP contribution >= 0.6 is 15.9 Å². The van der Waals surface area contributed by atoms with Crippen molar-refractivity contribution in [2.75, 3.05) is 5.32 Å². The first kappa shape index (κ1) is 15.1. The van der Waals surface area contributed by atoms with Crippen LogP contribution in [-0.2, 0) is 0 Å². The summed E-state index contributed by atoms with van der Waals surface area (Å²) in [6.07, 6.45) is 0. The number of nitro benzene ring substituents is 1. The van der Waals surface area contributed by atoms with Gasteiger partial charge in [0.25, 0.3) is 5.91 Å². The van der Waals surface area contributed by atoms with Crippen molar-refractivity contribution in [2.24, 2.45) is 0 Å². The Hall–Kier alpha value is -2.28. The Morgan fingerprint density at radius 1 is 1.29 bits per heavy atom. The van der Waals surface area contributed by atoms with Gasteiger partial charge in [0.2, 0.25) is 5.82 Å². The van der Waals surface area contributed by atoms with Crippen LogP contribution < -0.4 is 5.32 Å². The van der Waals surface area contributed by atoms with Gasteiger partial charge in [-0.25, -0.2) is 0 Å². The fourth-order valence-corrected chi connectivity index (χ4v) is 2.17. The lowest BCUT2D eigenvalue weighted by Crippen LogP contribution is -2.13. The van der Waals surface area contributed by atoms with Crippen LogP contribution in [0.5, 0.6) is 0 Å². The highest BCUT2D eigenvalue weighted by Gasteiger charge is 2.16. The minimum atomic E-state index is -0.949. The molecule has 0 aliphatic heterocycles. The number of amides is 1. The zero-order valence-corrected chi connectivity index (χ0v) is 12.5. The number of hydrogen-bond acceptors (Lipinski definition) is 3. The average molecular weight is 353 g/mol. The van der Waals surface area contributed by atoms with Crippen LogP contribution in [0.4, 0.5) is 15.8 Å². The molecule has 0 fully saturated rings. The van der Waals surface area contributed by atoms with Crippen LogP contribution in [0, 0.1) is 22.9 Å². The van der Waals surface area contributed by atoms with E-state index in [4.69, 9.17) is 0 Å². The number of hydrogen-bond donors (Lipinski definition) is 1. The zero-order valence-electron chi connectivity index (χ0n) is 10.9. The van der Waals surface area contributed by atoms with E-state index in [-0.39, 0.29) is 5.69 Å². The van der Waals surface area contributed by atoms with Gasteiger partial charge in [0, 0.05) is 16.2 Å². The van der Waals surface area contributed by atoms with E-state index in [1.54, 1.807) is 12.1 Å².